The first-order valence-electron chi connectivity index (χ1n) is 9.36. The minimum Gasteiger partial charge on any atom is -0.372 e. The van der Waals surface area contributed by atoms with Gasteiger partial charge >= 0.3 is 0 Å². The first-order chi connectivity index (χ1) is 13.8. The van der Waals surface area contributed by atoms with Crippen molar-refractivity contribution in [2.75, 3.05) is 7.11 Å². The first kappa shape index (κ1) is 19.3. The Morgan fingerprint density at radius 2 is 1.39 bits per heavy atom. The number of halogens is 1. The molecular formula is C25H22BrOP. The van der Waals surface area contributed by atoms with E-state index in [1.807, 2.05) is 0 Å². The lowest BCUT2D eigenvalue weighted by Crippen LogP contribution is -2.25. The Kier molecular flexibility index (Phi) is 6.22. The summed E-state index contributed by atoms with van der Waals surface area (Å²) in [6.07, 6.45) is 5.17. The quantitative estimate of drug-likeness (QED) is 0.436. The summed E-state index contributed by atoms with van der Waals surface area (Å²) in [5.41, 5.74) is 2.53. The third-order valence-electron chi connectivity index (χ3n) is 4.95. The summed E-state index contributed by atoms with van der Waals surface area (Å²) in [6, 6.07) is 30.4. The minimum absolute atomic E-state index is 0.0574. The predicted octanol–water partition coefficient (Wildman–Crippen LogP) is 5.74. The van der Waals surface area contributed by atoms with Crippen molar-refractivity contribution in [3.8, 4) is 0 Å². The molecule has 0 heterocycles. The largest absolute Gasteiger partial charge is 0.372 e. The Bertz CT molecular complexity index is 956. The molecule has 3 aromatic rings. The van der Waals surface area contributed by atoms with Gasteiger partial charge in [0.25, 0.3) is 0 Å². The van der Waals surface area contributed by atoms with Crippen LogP contribution in [0.2, 0.25) is 0 Å². The summed E-state index contributed by atoms with van der Waals surface area (Å²) < 4.78 is 7.17. The van der Waals surface area contributed by atoms with Gasteiger partial charge in [0.05, 0.1) is 0 Å². The smallest absolute Gasteiger partial charge is 0.105 e. The van der Waals surface area contributed by atoms with E-state index >= 15 is 0 Å². The molecule has 0 fully saturated rings. The number of hydrogen-bond acceptors (Lipinski definition) is 1. The van der Waals surface area contributed by atoms with E-state index in [2.05, 4.69) is 113 Å². The highest BCUT2D eigenvalue weighted by Crippen LogP contribution is 2.41. The maximum atomic E-state index is 6.04. The fourth-order valence-electron chi connectivity index (χ4n) is 3.68. The molecular weight excluding hydrogens is 427 g/mol. The SMILES string of the molecule is CO[C@H](C1=C(Br)C=CC1)c1ccccc1P(c1ccccc1)c1ccccc1. The molecule has 0 saturated heterocycles. The van der Waals surface area contributed by atoms with Crippen molar-refractivity contribution >= 4 is 39.8 Å². The van der Waals surface area contributed by atoms with E-state index in [-0.39, 0.29) is 6.10 Å². The summed E-state index contributed by atoms with van der Waals surface area (Å²) in [5.74, 6) is 0. The van der Waals surface area contributed by atoms with Gasteiger partial charge in [-0.1, -0.05) is 113 Å². The van der Waals surface area contributed by atoms with E-state index in [9.17, 15) is 0 Å². The Labute approximate surface area is 176 Å². The second-order valence-corrected chi connectivity index (χ2v) is 9.70. The van der Waals surface area contributed by atoms with Crippen molar-refractivity contribution in [2.24, 2.45) is 0 Å². The van der Waals surface area contributed by atoms with Gasteiger partial charge in [0.2, 0.25) is 0 Å². The molecule has 0 spiro atoms. The molecule has 4 rings (SSSR count). The van der Waals surface area contributed by atoms with Crippen LogP contribution in [0, 0.1) is 0 Å². The Morgan fingerprint density at radius 3 is 1.93 bits per heavy atom. The van der Waals surface area contributed by atoms with Gasteiger partial charge in [-0.3, -0.25) is 0 Å². The van der Waals surface area contributed by atoms with Gasteiger partial charge in [-0.05, 0) is 41.4 Å². The molecule has 140 valence electrons. The first-order valence-corrected chi connectivity index (χ1v) is 11.5. The fraction of sp³-hybridized carbons (Fsp3) is 0.120. The van der Waals surface area contributed by atoms with Crippen molar-refractivity contribution in [1.29, 1.82) is 0 Å². The van der Waals surface area contributed by atoms with Gasteiger partial charge in [-0.15, -0.1) is 0 Å². The third kappa shape index (κ3) is 3.91. The van der Waals surface area contributed by atoms with Gasteiger partial charge in [0.15, 0.2) is 0 Å². The van der Waals surface area contributed by atoms with Crippen LogP contribution in [0.5, 0.6) is 0 Å². The number of benzene rings is 3. The zero-order valence-electron chi connectivity index (χ0n) is 15.8. The zero-order valence-corrected chi connectivity index (χ0v) is 18.2. The molecule has 1 aliphatic rings. The molecule has 0 radical (unpaired) electrons. The predicted molar refractivity (Wildman–Crippen MR) is 125 cm³/mol. The molecule has 0 aliphatic heterocycles. The highest BCUT2D eigenvalue weighted by molar-refractivity contribution is 9.11. The van der Waals surface area contributed by atoms with Crippen molar-refractivity contribution in [3.05, 3.63) is 113 Å². The molecule has 1 nitrogen and oxygen atoms in total. The summed E-state index contributed by atoms with van der Waals surface area (Å²) in [6.45, 7) is 0. The van der Waals surface area contributed by atoms with E-state index in [1.165, 1.54) is 27.1 Å². The van der Waals surface area contributed by atoms with Crippen LogP contribution in [-0.4, -0.2) is 7.11 Å². The molecule has 1 atom stereocenters. The average Bonchev–Trinajstić information content (AvgIpc) is 3.17. The number of allylic oxidation sites excluding steroid dienone is 3. The Hall–Kier alpha value is -1.99. The molecule has 1 aliphatic carbocycles. The number of hydrogen-bond donors (Lipinski definition) is 0. The van der Waals surface area contributed by atoms with Gasteiger partial charge < -0.3 is 4.74 Å². The van der Waals surface area contributed by atoms with E-state index in [0.717, 1.165) is 10.9 Å². The molecule has 3 heteroatoms. The standard InChI is InChI=1S/C25H22BrOP/c1-27-25(21-16-10-17-23(21)26)22-15-8-9-18-24(22)28(19-11-4-2-5-12-19)20-13-6-3-7-14-20/h2-15,17-18,25H,16H2,1H3/t25-/m1/s1. The molecule has 0 aromatic heterocycles. The molecule has 28 heavy (non-hydrogen) atoms. The Morgan fingerprint density at radius 1 is 0.821 bits per heavy atom. The summed E-state index contributed by atoms with van der Waals surface area (Å²) in [5, 5.41) is 4.05. The van der Waals surface area contributed by atoms with Crippen molar-refractivity contribution in [2.45, 2.75) is 12.5 Å². The van der Waals surface area contributed by atoms with Crippen molar-refractivity contribution < 1.29 is 4.74 Å². The molecule has 0 unspecified atom stereocenters. The van der Waals surface area contributed by atoms with Gasteiger partial charge in [0, 0.05) is 11.6 Å². The van der Waals surface area contributed by atoms with Crippen LogP contribution in [-0.2, 0) is 4.74 Å². The van der Waals surface area contributed by atoms with Crippen LogP contribution >= 0.6 is 23.9 Å². The van der Waals surface area contributed by atoms with E-state index in [0.29, 0.717) is 0 Å². The molecule has 0 saturated carbocycles. The maximum Gasteiger partial charge on any atom is 0.105 e. The van der Waals surface area contributed by atoms with Crippen LogP contribution in [0.25, 0.3) is 0 Å². The highest BCUT2D eigenvalue weighted by atomic mass is 79.9. The van der Waals surface area contributed by atoms with E-state index in [1.54, 1.807) is 7.11 Å². The average molecular weight is 449 g/mol. The zero-order chi connectivity index (χ0) is 19.3. The highest BCUT2D eigenvalue weighted by Gasteiger charge is 2.26. The summed E-state index contributed by atoms with van der Waals surface area (Å²) >= 11 is 3.71. The van der Waals surface area contributed by atoms with Crippen LogP contribution in [0.1, 0.15) is 18.1 Å². The molecule has 0 bridgehead atoms. The topological polar surface area (TPSA) is 9.23 Å². The van der Waals surface area contributed by atoms with Crippen LogP contribution < -0.4 is 15.9 Å². The second kappa shape index (κ2) is 9.01. The van der Waals surface area contributed by atoms with Gasteiger partial charge in [-0.2, -0.15) is 0 Å². The Balaban J connectivity index is 1.88. The lowest BCUT2D eigenvalue weighted by molar-refractivity contribution is 0.132. The second-order valence-electron chi connectivity index (χ2n) is 6.66. The lowest BCUT2D eigenvalue weighted by atomic mass is 10.0. The minimum atomic E-state index is -0.672. The fourth-order valence-corrected chi connectivity index (χ4v) is 6.71. The lowest BCUT2D eigenvalue weighted by Gasteiger charge is -2.26. The monoisotopic (exact) mass is 448 g/mol. The summed E-state index contributed by atoms with van der Waals surface area (Å²) in [7, 11) is 1.13. The van der Waals surface area contributed by atoms with Gasteiger partial charge in [-0.25, -0.2) is 0 Å². The number of methoxy groups -OCH3 is 1. The van der Waals surface area contributed by atoms with E-state index < -0.39 is 7.92 Å². The van der Waals surface area contributed by atoms with Crippen LogP contribution in [0.4, 0.5) is 0 Å². The third-order valence-corrected chi connectivity index (χ3v) is 8.24. The molecule has 0 amide bonds. The van der Waals surface area contributed by atoms with Crippen LogP contribution in [0.15, 0.2) is 107 Å². The number of ether oxygens (including phenoxy) is 1. The molecule has 0 N–H and O–H groups in total. The van der Waals surface area contributed by atoms with Gasteiger partial charge in [0.1, 0.15) is 6.10 Å². The summed E-state index contributed by atoms with van der Waals surface area (Å²) in [4.78, 5) is 0. The van der Waals surface area contributed by atoms with Crippen molar-refractivity contribution in [3.63, 3.8) is 0 Å². The van der Waals surface area contributed by atoms with E-state index in [4.69, 9.17) is 4.74 Å². The maximum absolute atomic E-state index is 6.04. The normalized spacial score (nSPS) is 14.7. The number of rotatable bonds is 6. The van der Waals surface area contributed by atoms with Crippen molar-refractivity contribution in [1.82, 2.24) is 0 Å². The molecule has 3 aromatic carbocycles. The van der Waals surface area contributed by atoms with Crippen LogP contribution in [0.3, 0.4) is 0 Å².